The molecule has 0 fully saturated rings. The predicted octanol–water partition coefficient (Wildman–Crippen LogP) is 3.53. The molecule has 0 amide bonds. The highest BCUT2D eigenvalue weighted by Gasteiger charge is 2.13. The maximum absolute atomic E-state index is 6.13. The second-order valence-corrected chi connectivity index (χ2v) is 4.93. The number of rotatable bonds is 5. The van der Waals surface area contributed by atoms with E-state index in [-0.39, 0.29) is 0 Å². The van der Waals surface area contributed by atoms with E-state index < -0.39 is 0 Å². The smallest absolute Gasteiger partial charge is 0.227 e. The van der Waals surface area contributed by atoms with Crippen LogP contribution in [0.25, 0.3) is 0 Å². The Morgan fingerprint density at radius 1 is 1.19 bits per heavy atom. The van der Waals surface area contributed by atoms with Crippen molar-refractivity contribution in [3.8, 4) is 0 Å². The first-order valence-electron chi connectivity index (χ1n) is 5.60. The fourth-order valence-electron chi connectivity index (χ4n) is 1.50. The van der Waals surface area contributed by atoms with Crippen molar-refractivity contribution >= 4 is 40.1 Å². The van der Waals surface area contributed by atoms with Gasteiger partial charge in [-0.05, 0) is 42.9 Å². The van der Waals surface area contributed by atoms with Gasteiger partial charge in [0, 0.05) is 13.1 Å². The van der Waals surface area contributed by atoms with Gasteiger partial charge in [0.25, 0.3) is 0 Å². The van der Waals surface area contributed by atoms with Crippen LogP contribution in [0.2, 0.25) is 5.15 Å². The third-order valence-electron chi connectivity index (χ3n) is 2.40. The first kappa shape index (κ1) is 14.0. The Labute approximate surface area is 116 Å². The molecule has 1 aromatic heterocycles. The zero-order valence-electron chi connectivity index (χ0n) is 9.93. The van der Waals surface area contributed by atoms with Crippen molar-refractivity contribution in [1.82, 2.24) is 9.97 Å². The van der Waals surface area contributed by atoms with Gasteiger partial charge < -0.3 is 4.90 Å². The minimum atomic E-state index is 0.570. The normalized spacial score (nSPS) is 10.6. The Kier molecular flexibility index (Phi) is 5.75. The van der Waals surface area contributed by atoms with Crippen molar-refractivity contribution in [2.75, 3.05) is 18.0 Å². The maximum Gasteiger partial charge on any atom is 0.227 e. The van der Waals surface area contributed by atoms with E-state index in [1.165, 1.54) is 0 Å². The molecular formula is C11H17ClIN3. The average Bonchev–Trinajstić information content (AvgIpc) is 2.27. The lowest BCUT2D eigenvalue weighted by atomic mass is 10.2. The molecule has 0 radical (unpaired) electrons. The molecule has 0 aromatic carbocycles. The lowest BCUT2D eigenvalue weighted by Crippen LogP contribution is -2.25. The van der Waals surface area contributed by atoms with Gasteiger partial charge in [-0.3, -0.25) is 0 Å². The van der Waals surface area contributed by atoms with Gasteiger partial charge in [0.2, 0.25) is 5.95 Å². The first-order chi connectivity index (χ1) is 7.63. The highest BCUT2D eigenvalue weighted by atomic mass is 127. The summed E-state index contributed by atoms with van der Waals surface area (Å²) in [7, 11) is 0. The molecule has 0 unspecified atom stereocenters. The molecule has 0 atom stereocenters. The fourth-order valence-corrected chi connectivity index (χ4v) is 2.20. The summed E-state index contributed by atoms with van der Waals surface area (Å²) < 4.78 is 0.983. The van der Waals surface area contributed by atoms with Crippen molar-refractivity contribution in [2.24, 2.45) is 0 Å². The third kappa shape index (κ3) is 3.20. The molecule has 0 bridgehead atoms. The molecule has 1 heterocycles. The van der Waals surface area contributed by atoms with Gasteiger partial charge in [0.1, 0.15) is 5.15 Å². The molecule has 5 heteroatoms. The Balaban J connectivity index is 3.12. The Hall–Kier alpha value is -0.100. The molecule has 90 valence electrons. The second kappa shape index (κ2) is 6.59. The van der Waals surface area contributed by atoms with E-state index >= 15 is 0 Å². The van der Waals surface area contributed by atoms with Gasteiger partial charge in [0.15, 0.2) is 0 Å². The summed E-state index contributed by atoms with van der Waals surface area (Å²) in [6.45, 7) is 8.14. The van der Waals surface area contributed by atoms with Crippen LogP contribution in [-0.2, 0) is 6.42 Å². The van der Waals surface area contributed by atoms with Crippen LogP contribution in [0.1, 0.15) is 32.9 Å². The number of anilines is 1. The van der Waals surface area contributed by atoms with E-state index in [4.69, 9.17) is 11.6 Å². The zero-order chi connectivity index (χ0) is 12.1. The molecule has 1 rings (SSSR count). The number of hydrogen-bond acceptors (Lipinski definition) is 3. The van der Waals surface area contributed by atoms with Crippen LogP contribution in [0.4, 0.5) is 5.95 Å². The van der Waals surface area contributed by atoms with Gasteiger partial charge in [-0.25, -0.2) is 4.98 Å². The third-order valence-corrected chi connectivity index (χ3v) is 4.13. The van der Waals surface area contributed by atoms with Crippen LogP contribution in [0.5, 0.6) is 0 Å². The van der Waals surface area contributed by atoms with Gasteiger partial charge in [0.05, 0.1) is 9.26 Å². The maximum atomic E-state index is 6.13. The standard InChI is InChI=1S/C11H17ClIN3/c1-4-7-8-9(13)10(12)15-11(14-8)16(5-2)6-3/h4-7H2,1-3H3. The van der Waals surface area contributed by atoms with Gasteiger partial charge >= 0.3 is 0 Å². The number of nitrogens with zero attached hydrogens (tertiary/aromatic N) is 3. The summed E-state index contributed by atoms with van der Waals surface area (Å²) in [6.07, 6.45) is 2.02. The van der Waals surface area contributed by atoms with Gasteiger partial charge in [-0.15, -0.1) is 0 Å². The van der Waals surface area contributed by atoms with Crippen molar-refractivity contribution < 1.29 is 0 Å². The molecule has 3 nitrogen and oxygen atoms in total. The molecule has 0 saturated heterocycles. The molecule has 0 aliphatic heterocycles. The molecule has 0 N–H and O–H groups in total. The highest BCUT2D eigenvalue weighted by molar-refractivity contribution is 14.1. The first-order valence-corrected chi connectivity index (χ1v) is 7.06. The number of aryl methyl sites for hydroxylation is 1. The fraction of sp³-hybridized carbons (Fsp3) is 0.636. The van der Waals surface area contributed by atoms with Crippen molar-refractivity contribution in [3.63, 3.8) is 0 Å². The SMILES string of the molecule is CCCc1nc(N(CC)CC)nc(Cl)c1I. The molecular weight excluding hydrogens is 336 g/mol. The van der Waals surface area contributed by atoms with E-state index in [0.717, 1.165) is 41.1 Å². The van der Waals surface area contributed by atoms with E-state index in [1.54, 1.807) is 0 Å². The molecule has 0 saturated carbocycles. The van der Waals surface area contributed by atoms with E-state index in [9.17, 15) is 0 Å². The van der Waals surface area contributed by atoms with E-state index in [2.05, 4.69) is 58.2 Å². The minimum absolute atomic E-state index is 0.570. The Bertz CT molecular complexity index is 353. The van der Waals surface area contributed by atoms with Crippen molar-refractivity contribution in [2.45, 2.75) is 33.6 Å². The Morgan fingerprint density at radius 3 is 2.31 bits per heavy atom. The van der Waals surface area contributed by atoms with Crippen LogP contribution in [-0.4, -0.2) is 23.1 Å². The number of hydrogen-bond donors (Lipinski definition) is 0. The van der Waals surface area contributed by atoms with Crippen LogP contribution >= 0.6 is 34.2 Å². The van der Waals surface area contributed by atoms with E-state index in [1.807, 2.05) is 0 Å². The molecule has 0 aliphatic rings. The Morgan fingerprint density at radius 2 is 1.81 bits per heavy atom. The quantitative estimate of drug-likeness (QED) is 0.599. The number of aromatic nitrogens is 2. The summed E-state index contributed by atoms with van der Waals surface area (Å²) in [5.74, 6) is 0.749. The van der Waals surface area contributed by atoms with Crippen LogP contribution < -0.4 is 4.90 Å². The number of halogens is 2. The van der Waals surface area contributed by atoms with Gasteiger partial charge in [-0.2, -0.15) is 4.98 Å². The van der Waals surface area contributed by atoms with E-state index in [0.29, 0.717) is 5.15 Å². The lowest BCUT2D eigenvalue weighted by Gasteiger charge is -2.19. The zero-order valence-corrected chi connectivity index (χ0v) is 12.8. The molecule has 0 aliphatic carbocycles. The molecule has 16 heavy (non-hydrogen) atoms. The largest absolute Gasteiger partial charge is 0.341 e. The summed E-state index contributed by atoms with van der Waals surface area (Å²) in [5, 5.41) is 0.570. The summed E-state index contributed by atoms with van der Waals surface area (Å²) in [6, 6.07) is 0. The lowest BCUT2D eigenvalue weighted by molar-refractivity contribution is 0.794. The van der Waals surface area contributed by atoms with Gasteiger partial charge in [-0.1, -0.05) is 24.9 Å². The summed E-state index contributed by atoms with van der Waals surface area (Å²) in [5.41, 5.74) is 1.06. The predicted molar refractivity (Wildman–Crippen MR) is 77.3 cm³/mol. The summed E-state index contributed by atoms with van der Waals surface area (Å²) in [4.78, 5) is 11.0. The topological polar surface area (TPSA) is 29.0 Å². The molecule has 0 spiro atoms. The minimum Gasteiger partial charge on any atom is -0.341 e. The monoisotopic (exact) mass is 353 g/mol. The van der Waals surface area contributed by atoms with Crippen LogP contribution in [0.3, 0.4) is 0 Å². The molecule has 1 aromatic rings. The summed E-state index contributed by atoms with van der Waals surface area (Å²) >= 11 is 8.34. The average molecular weight is 354 g/mol. The highest BCUT2D eigenvalue weighted by Crippen LogP contribution is 2.23. The van der Waals surface area contributed by atoms with Crippen molar-refractivity contribution in [3.05, 3.63) is 14.4 Å². The second-order valence-electron chi connectivity index (χ2n) is 3.50. The van der Waals surface area contributed by atoms with Crippen LogP contribution in [0.15, 0.2) is 0 Å². The van der Waals surface area contributed by atoms with Crippen LogP contribution in [0, 0.1) is 3.57 Å². The van der Waals surface area contributed by atoms with Crippen molar-refractivity contribution in [1.29, 1.82) is 0 Å².